The van der Waals surface area contributed by atoms with E-state index in [1.54, 1.807) is 12.1 Å². The summed E-state index contributed by atoms with van der Waals surface area (Å²) in [5.41, 5.74) is 0.0694. The van der Waals surface area contributed by atoms with Crippen LogP contribution in [0.1, 0.15) is 13.3 Å². The Morgan fingerprint density at radius 2 is 2.15 bits per heavy atom. The summed E-state index contributed by atoms with van der Waals surface area (Å²) >= 11 is 0. The van der Waals surface area contributed by atoms with Gasteiger partial charge in [0.1, 0.15) is 5.69 Å². The van der Waals surface area contributed by atoms with Gasteiger partial charge in [-0.2, -0.15) is 0 Å². The van der Waals surface area contributed by atoms with Gasteiger partial charge in [0.25, 0.3) is 5.69 Å². The second kappa shape index (κ2) is 8.23. The fourth-order valence-electron chi connectivity index (χ4n) is 1.77. The predicted molar refractivity (Wildman–Crippen MR) is 75.5 cm³/mol. The Hall–Kier alpha value is -1.99. The third-order valence-corrected chi connectivity index (χ3v) is 2.82. The fourth-order valence-corrected chi connectivity index (χ4v) is 1.77. The Balaban J connectivity index is 2.64. The van der Waals surface area contributed by atoms with Crippen molar-refractivity contribution in [3.8, 4) is 0 Å². The van der Waals surface area contributed by atoms with Gasteiger partial charge < -0.3 is 10.4 Å². The van der Waals surface area contributed by atoms with Crippen LogP contribution in [0.4, 0.5) is 11.4 Å². The highest BCUT2D eigenvalue weighted by Gasteiger charge is 2.16. The molecule has 0 unspecified atom stereocenters. The van der Waals surface area contributed by atoms with Crippen molar-refractivity contribution in [3.05, 3.63) is 34.4 Å². The maximum absolute atomic E-state index is 11.9. The van der Waals surface area contributed by atoms with Crippen LogP contribution in [0.25, 0.3) is 0 Å². The van der Waals surface area contributed by atoms with Crippen LogP contribution in [0, 0.1) is 10.1 Å². The van der Waals surface area contributed by atoms with Crippen LogP contribution in [0.2, 0.25) is 0 Å². The molecule has 0 aliphatic rings. The number of benzene rings is 1. The Morgan fingerprint density at radius 1 is 1.45 bits per heavy atom. The van der Waals surface area contributed by atoms with Gasteiger partial charge in [0.05, 0.1) is 11.5 Å². The first-order chi connectivity index (χ1) is 9.58. The second-order valence-corrected chi connectivity index (χ2v) is 4.27. The van der Waals surface area contributed by atoms with Gasteiger partial charge in [-0.15, -0.1) is 0 Å². The minimum absolute atomic E-state index is 0.0717. The molecule has 0 radical (unpaired) electrons. The fraction of sp³-hybridized carbons (Fsp3) is 0.462. The molecule has 1 aromatic rings. The minimum Gasteiger partial charge on any atom is -0.396 e. The van der Waals surface area contributed by atoms with Gasteiger partial charge in [-0.3, -0.25) is 19.8 Å². The molecule has 0 heterocycles. The molecular formula is C13H19N3O4. The summed E-state index contributed by atoms with van der Waals surface area (Å²) in [7, 11) is 0. The van der Waals surface area contributed by atoms with Crippen molar-refractivity contribution in [3.63, 3.8) is 0 Å². The zero-order valence-electron chi connectivity index (χ0n) is 11.4. The maximum Gasteiger partial charge on any atom is 0.292 e. The zero-order valence-corrected chi connectivity index (χ0v) is 11.4. The number of rotatable bonds is 8. The van der Waals surface area contributed by atoms with Crippen molar-refractivity contribution in [1.82, 2.24) is 4.90 Å². The number of anilines is 1. The maximum atomic E-state index is 11.9. The smallest absolute Gasteiger partial charge is 0.292 e. The molecule has 110 valence electrons. The van der Waals surface area contributed by atoms with Crippen LogP contribution >= 0.6 is 0 Å². The first-order valence-electron chi connectivity index (χ1n) is 6.45. The summed E-state index contributed by atoms with van der Waals surface area (Å²) in [4.78, 5) is 24.1. The van der Waals surface area contributed by atoms with Crippen molar-refractivity contribution >= 4 is 17.3 Å². The summed E-state index contributed by atoms with van der Waals surface area (Å²) in [6.07, 6.45) is 0.590. The first kappa shape index (κ1) is 16.1. The van der Waals surface area contributed by atoms with Gasteiger partial charge in [-0.25, -0.2) is 0 Å². The Labute approximate surface area is 117 Å². The molecule has 20 heavy (non-hydrogen) atoms. The lowest BCUT2D eigenvalue weighted by Gasteiger charge is -2.19. The quantitative estimate of drug-likeness (QED) is 0.552. The number of carbonyl (C=O) groups excluding carboxylic acids is 1. The summed E-state index contributed by atoms with van der Waals surface area (Å²) in [5.74, 6) is -0.306. The lowest BCUT2D eigenvalue weighted by atomic mass is 10.2. The van der Waals surface area contributed by atoms with Crippen LogP contribution in [-0.4, -0.2) is 47.1 Å². The summed E-state index contributed by atoms with van der Waals surface area (Å²) < 4.78 is 0. The highest BCUT2D eigenvalue weighted by atomic mass is 16.6. The van der Waals surface area contributed by atoms with Crippen LogP contribution in [0.3, 0.4) is 0 Å². The third-order valence-electron chi connectivity index (χ3n) is 2.82. The lowest BCUT2D eigenvalue weighted by Crippen LogP contribution is -2.34. The molecule has 0 saturated carbocycles. The predicted octanol–water partition coefficient (Wildman–Crippen LogP) is 1.24. The number of aliphatic hydroxyl groups excluding tert-OH is 1. The molecule has 0 aliphatic carbocycles. The van der Waals surface area contributed by atoms with Gasteiger partial charge >= 0.3 is 0 Å². The van der Waals surface area contributed by atoms with Gasteiger partial charge in [-0.1, -0.05) is 19.1 Å². The molecule has 1 aromatic carbocycles. The molecule has 1 rings (SSSR count). The number of para-hydroxylation sites is 2. The number of hydrogen-bond donors (Lipinski definition) is 2. The monoisotopic (exact) mass is 281 g/mol. The molecule has 1 amide bonds. The summed E-state index contributed by atoms with van der Waals surface area (Å²) in [6.45, 7) is 3.40. The molecule has 0 bridgehead atoms. The van der Waals surface area contributed by atoms with Crippen molar-refractivity contribution in [2.75, 3.05) is 31.6 Å². The van der Waals surface area contributed by atoms with E-state index in [2.05, 4.69) is 5.32 Å². The van der Waals surface area contributed by atoms with Gasteiger partial charge in [-0.05, 0) is 19.0 Å². The van der Waals surface area contributed by atoms with Crippen LogP contribution in [-0.2, 0) is 4.79 Å². The number of nitrogens with zero attached hydrogens (tertiary/aromatic N) is 2. The Morgan fingerprint density at radius 3 is 2.75 bits per heavy atom. The van der Waals surface area contributed by atoms with E-state index in [0.29, 0.717) is 19.5 Å². The van der Waals surface area contributed by atoms with E-state index in [-0.39, 0.29) is 30.4 Å². The van der Waals surface area contributed by atoms with Crippen LogP contribution in [0.5, 0.6) is 0 Å². The minimum atomic E-state index is -0.529. The Bertz CT molecular complexity index is 465. The van der Waals surface area contributed by atoms with Gasteiger partial charge in [0.2, 0.25) is 5.91 Å². The average molecular weight is 281 g/mol. The van der Waals surface area contributed by atoms with E-state index in [4.69, 9.17) is 5.11 Å². The van der Waals surface area contributed by atoms with E-state index in [9.17, 15) is 14.9 Å². The van der Waals surface area contributed by atoms with Crippen molar-refractivity contribution in [1.29, 1.82) is 0 Å². The molecule has 0 atom stereocenters. The van der Waals surface area contributed by atoms with E-state index in [1.165, 1.54) is 12.1 Å². The number of amides is 1. The van der Waals surface area contributed by atoms with Gasteiger partial charge in [0, 0.05) is 19.2 Å². The third kappa shape index (κ3) is 4.94. The Kier molecular flexibility index (Phi) is 6.61. The molecule has 0 fully saturated rings. The van der Waals surface area contributed by atoms with Crippen molar-refractivity contribution in [2.24, 2.45) is 0 Å². The van der Waals surface area contributed by atoms with E-state index in [1.807, 2.05) is 11.8 Å². The van der Waals surface area contributed by atoms with E-state index in [0.717, 1.165) is 0 Å². The molecule has 0 saturated heterocycles. The molecule has 2 N–H and O–H groups in total. The van der Waals surface area contributed by atoms with E-state index < -0.39 is 4.92 Å². The number of carbonyl (C=O) groups is 1. The molecular weight excluding hydrogens is 262 g/mol. The first-order valence-corrected chi connectivity index (χ1v) is 6.45. The highest BCUT2D eigenvalue weighted by Crippen LogP contribution is 2.22. The van der Waals surface area contributed by atoms with Crippen molar-refractivity contribution in [2.45, 2.75) is 13.3 Å². The molecule has 0 spiro atoms. The average Bonchev–Trinajstić information content (AvgIpc) is 2.43. The number of likely N-dealkylation sites (N-methyl/N-ethyl adjacent to an activating group) is 1. The number of hydrogen-bond acceptors (Lipinski definition) is 5. The second-order valence-electron chi connectivity index (χ2n) is 4.27. The molecule has 7 nitrogen and oxygen atoms in total. The largest absolute Gasteiger partial charge is 0.396 e. The van der Waals surface area contributed by atoms with Crippen LogP contribution in [0.15, 0.2) is 24.3 Å². The lowest BCUT2D eigenvalue weighted by molar-refractivity contribution is -0.383. The normalized spacial score (nSPS) is 10.6. The number of aliphatic hydroxyl groups is 1. The molecule has 0 aromatic heterocycles. The number of nitro groups is 1. The SMILES string of the molecule is CCN(CCCO)CC(=O)Nc1ccccc1[N+](=O)[O-]. The summed E-state index contributed by atoms with van der Waals surface area (Å²) in [6, 6.07) is 6.03. The molecule has 0 aliphatic heterocycles. The molecule has 7 heteroatoms. The number of nitrogens with one attached hydrogen (secondary N) is 1. The van der Waals surface area contributed by atoms with Crippen LogP contribution < -0.4 is 5.32 Å². The van der Waals surface area contributed by atoms with E-state index >= 15 is 0 Å². The standard InChI is InChI=1S/C13H19N3O4/c1-2-15(8-5-9-17)10-13(18)14-11-6-3-4-7-12(11)16(19)20/h3-4,6-7,17H,2,5,8-10H2,1H3,(H,14,18). The van der Waals surface area contributed by atoms with Gasteiger partial charge in [0.15, 0.2) is 0 Å². The number of nitro benzene ring substituents is 1. The highest BCUT2D eigenvalue weighted by molar-refractivity contribution is 5.94. The summed E-state index contributed by atoms with van der Waals surface area (Å²) in [5, 5.41) is 22.2. The zero-order chi connectivity index (χ0) is 15.0. The topological polar surface area (TPSA) is 95.7 Å². The van der Waals surface area contributed by atoms with Crippen molar-refractivity contribution < 1.29 is 14.8 Å².